The van der Waals surface area contributed by atoms with Crippen LogP contribution in [0.1, 0.15) is 35.6 Å². The fraction of sp³-hybridized carbons (Fsp3) is 0.259. The van der Waals surface area contributed by atoms with E-state index in [1.165, 1.54) is 0 Å². The number of nitrogens with zero attached hydrogens (tertiary/aromatic N) is 1. The Kier molecular flexibility index (Phi) is 7.91. The van der Waals surface area contributed by atoms with Crippen molar-refractivity contribution in [2.75, 3.05) is 11.0 Å². The lowest BCUT2D eigenvalue weighted by Gasteiger charge is -2.32. The van der Waals surface area contributed by atoms with E-state index in [2.05, 4.69) is 4.72 Å². The summed E-state index contributed by atoms with van der Waals surface area (Å²) in [5, 5.41) is 19.7. The largest absolute Gasteiger partial charge is 0.390 e. The SMILES string of the molecule is CS(=O)(=O)Nc1cccc(-c2ccc(CN(C(=O)CCC(=O)NO)[C@H]3c4ccccc4C[C@H]3O)cc2)c1. The van der Waals surface area contributed by atoms with Crippen molar-refractivity contribution in [3.63, 3.8) is 0 Å². The van der Waals surface area contributed by atoms with E-state index in [4.69, 9.17) is 5.21 Å². The molecule has 0 spiro atoms. The van der Waals surface area contributed by atoms with Crippen LogP contribution in [0.4, 0.5) is 5.69 Å². The molecule has 0 radical (unpaired) electrons. The van der Waals surface area contributed by atoms with E-state index in [1.807, 2.05) is 54.6 Å². The van der Waals surface area contributed by atoms with Crippen LogP contribution >= 0.6 is 0 Å². The first-order valence-electron chi connectivity index (χ1n) is 11.8. The van der Waals surface area contributed by atoms with Crippen LogP contribution in [0.15, 0.2) is 72.8 Å². The Bertz CT molecular complexity index is 1390. The number of fused-ring (bicyclic) bond motifs is 1. The van der Waals surface area contributed by atoms with E-state index in [-0.39, 0.29) is 25.3 Å². The number of benzene rings is 3. The molecule has 0 unspecified atom stereocenters. The second kappa shape index (κ2) is 11.1. The standard InChI is InChI=1S/C27H29N3O6S/c1-37(35,36)29-22-7-4-6-20(15-22)19-11-9-18(10-12-19)17-30(26(33)14-13-25(32)28-34)27-23-8-3-2-5-21(23)16-24(27)31/h2-12,15,24,27,29,31,34H,13-14,16-17H2,1H3,(H,28,32)/t24-,27+/m1/s1. The first-order chi connectivity index (χ1) is 17.6. The van der Waals surface area contributed by atoms with Gasteiger partial charge in [-0.15, -0.1) is 0 Å². The number of hydrogen-bond donors (Lipinski definition) is 4. The van der Waals surface area contributed by atoms with Crippen LogP contribution in [-0.2, 0) is 32.6 Å². The Morgan fingerprint density at radius 2 is 1.70 bits per heavy atom. The highest BCUT2D eigenvalue weighted by Gasteiger charge is 2.37. The predicted octanol–water partition coefficient (Wildman–Crippen LogP) is 3.00. The third-order valence-electron chi connectivity index (χ3n) is 6.32. The van der Waals surface area contributed by atoms with E-state index in [9.17, 15) is 23.1 Å². The minimum Gasteiger partial charge on any atom is -0.390 e. The number of carbonyl (C=O) groups excluding carboxylic acids is 2. The van der Waals surface area contributed by atoms with Crippen LogP contribution in [0.25, 0.3) is 11.1 Å². The van der Waals surface area contributed by atoms with Gasteiger partial charge in [0, 0.05) is 31.5 Å². The second-order valence-electron chi connectivity index (χ2n) is 9.12. The lowest BCUT2D eigenvalue weighted by atomic mass is 10.0. The van der Waals surface area contributed by atoms with Gasteiger partial charge >= 0.3 is 0 Å². The first-order valence-corrected chi connectivity index (χ1v) is 13.7. The molecule has 2 amide bonds. The molecular weight excluding hydrogens is 494 g/mol. The van der Waals surface area contributed by atoms with Crippen LogP contribution in [0.2, 0.25) is 0 Å². The number of rotatable bonds is 9. The van der Waals surface area contributed by atoms with Crippen molar-refractivity contribution < 1.29 is 28.3 Å². The Morgan fingerprint density at radius 1 is 0.973 bits per heavy atom. The third kappa shape index (κ3) is 6.53. The average molecular weight is 524 g/mol. The van der Waals surface area contributed by atoms with Gasteiger partial charge in [-0.05, 0) is 39.9 Å². The van der Waals surface area contributed by atoms with Gasteiger partial charge in [0.25, 0.3) is 0 Å². The number of hydrogen-bond acceptors (Lipinski definition) is 6. The summed E-state index contributed by atoms with van der Waals surface area (Å²) in [4.78, 5) is 26.4. The third-order valence-corrected chi connectivity index (χ3v) is 6.93. The Labute approximate surface area is 215 Å². The molecule has 1 aliphatic carbocycles. The molecule has 4 N–H and O–H groups in total. The quantitative estimate of drug-likeness (QED) is 0.252. The summed E-state index contributed by atoms with van der Waals surface area (Å²) in [6.07, 6.45) is 0.455. The summed E-state index contributed by atoms with van der Waals surface area (Å²) >= 11 is 0. The molecule has 0 saturated heterocycles. The average Bonchev–Trinajstić information content (AvgIpc) is 3.20. The van der Waals surface area contributed by atoms with Gasteiger partial charge in [-0.3, -0.25) is 19.5 Å². The summed E-state index contributed by atoms with van der Waals surface area (Å²) < 4.78 is 25.6. The lowest BCUT2D eigenvalue weighted by Crippen LogP contribution is -2.39. The van der Waals surface area contributed by atoms with E-state index < -0.39 is 28.1 Å². The number of aliphatic hydroxyl groups is 1. The van der Waals surface area contributed by atoms with E-state index >= 15 is 0 Å². The van der Waals surface area contributed by atoms with Gasteiger partial charge in [0.2, 0.25) is 21.8 Å². The summed E-state index contributed by atoms with van der Waals surface area (Å²) in [5.74, 6) is -0.967. The number of nitrogens with one attached hydrogen (secondary N) is 2. The fourth-order valence-electron chi connectivity index (χ4n) is 4.67. The molecular formula is C27H29N3O6S. The number of amides is 2. The van der Waals surface area contributed by atoms with Crippen molar-refractivity contribution in [1.82, 2.24) is 10.4 Å². The van der Waals surface area contributed by atoms with Crippen molar-refractivity contribution in [3.8, 4) is 11.1 Å². The maximum absolute atomic E-state index is 13.2. The molecule has 10 heteroatoms. The molecule has 3 aromatic rings. The highest BCUT2D eigenvalue weighted by atomic mass is 32.2. The van der Waals surface area contributed by atoms with Gasteiger partial charge in [-0.25, -0.2) is 13.9 Å². The van der Waals surface area contributed by atoms with Crippen molar-refractivity contribution in [3.05, 3.63) is 89.5 Å². The molecule has 0 aliphatic heterocycles. The van der Waals surface area contributed by atoms with Crippen LogP contribution in [0.5, 0.6) is 0 Å². The van der Waals surface area contributed by atoms with Crippen LogP contribution in [0.3, 0.4) is 0 Å². The van der Waals surface area contributed by atoms with E-state index in [1.54, 1.807) is 28.6 Å². The van der Waals surface area contributed by atoms with Crippen molar-refractivity contribution in [1.29, 1.82) is 0 Å². The van der Waals surface area contributed by atoms with Crippen LogP contribution in [0, 0.1) is 0 Å². The van der Waals surface area contributed by atoms with Crippen molar-refractivity contribution in [2.24, 2.45) is 0 Å². The molecule has 0 bridgehead atoms. The number of anilines is 1. The number of aliphatic hydroxyl groups excluding tert-OH is 1. The Morgan fingerprint density at radius 3 is 2.41 bits per heavy atom. The molecule has 0 fully saturated rings. The molecule has 37 heavy (non-hydrogen) atoms. The van der Waals surface area contributed by atoms with Gasteiger partial charge in [-0.2, -0.15) is 0 Å². The van der Waals surface area contributed by atoms with Gasteiger partial charge in [-0.1, -0.05) is 60.7 Å². The molecule has 0 saturated carbocycles. The minimum atomic E-state index is -3.40. The molecule has 2 atom stereocenters. The smallest absolute Gasteiger partial charge is 0.243 e. The molecule has 0 aromatic heterocycles. The zero-order valence-electron chi connectivity index (χ0n) is 20.3. The van der Waals surface area contributed by atoms with Gasteiger partial charge in [0.15, 0.2) is 0 Å². The lowest BCUT2D eigenvalue weighted by molar-refractivity contribution is -0.140. The van der Waals surface area contributed by atoms with Gasteiger partial charge in [0.05, 0.1) is 18.4 Å². The minimum absolute atomic E-state index is 0.115. The zero-order chi connectivity index (χ0) is 26.6. The number of carbonyl (C=O) groups is 2. The van der Waals surface area contributed by atoms with Crippen LogP contribution in [-0.4, -0.2) is 47.8 Å². The highest BCUT2D eigenvalue weighted by molar-refractivity contribution is 7.92. The summed E-state index contributed by atoms with van der Waals surface area (Å²) in [7, 11) is -3.40. The van der Waals surface area contributed by atoms with Crippen LogP contribution < -0.4 is 10.2 Å². The molecule has 9 nitrogen and oxygen atoms in total. The molecule has 4 rings (SSSR count). The first kappa shape index (κ1) is 26.3. The highest BCUT2D eigenvalue weighted by Crippen LogP contribution is 2.37. The predicted molar refractivity (Wildman–Crippen MR) is 139 cm³/mol. The van der Waals surface area contributed by atoms with Gasteiger partial charge in [0.1, 0.15) is 0 Å². The molecule has 0 heterocycles. The summed E-state index contributed by atoms with van der Waals surface area (Å²) in [5.41, 5.74) is 6.37. The number of sulfonamides is 1. The van der Waals surface area contributed by atoms with Crippen molar-refractivity contribution >= 4 is 27.5 Å². The number of hydroxylamine groups is 1. The maximum atomic E-state index is 13.2. The Balaban J connectivity index is 1.58. The second-order valence-corrected chi connectivity index (χ2v) is 10.9. The zero-order valence-corrected chi connectivity index (χ0v) is 21.1. The topological polar surface area (TPSA) is 136 Å². The monoisotopic (exact) mass is 523 g/mol. The molecule has 3 aromatic carbocycles. The van der Waals surface area contributed by atoms with Gasteiger partial charge < -0.3 is 10.0 Å². The summed E-state index contributed by atoms with van der Waals surface area (Å²) in [6, 6.07) is 21.6. The molecule has 194 valence electrons. The van der Waals surface area contributed by atoms with E-state index in [0.717, 1.165) is 34.1 Å². The van der Waals surface area contributed by atoms with Crippen molar-refractivity contribution in [2.45, 2.75) is 38.0 Å². The normalized spacial score (nSPS) is 16.6. The maximum Gasteiger partial charge on any atom is 0.243 e. The molecule has 1 aliphatic rings. The summed E-state index contributed by atoms with van der Waals surface area (Å²) in [6.45, 7) is 0.214. The van der Waals surface area contributed by atoms with E-state index in [0.29, 0.717) is 12.1 Å². The Hall–Kier alpha value is -3.73. The fourth-order valence-corrected chi connectivity index (χ4v) is 5.22.